The van der Waals surface area contributed by atoms with Crippen molar-refractivity contribution >= 4 is 11.9 Å². The molecule has 0 radical (unpaired) electrons. The Morgan fingerprint density at radius 1 is 1.10 bits per heavy atom. The summed E-state index contributed by atoms with van der Waals surface area (Å²) in [6.07, 6.45) is 0.739. The SMILES string of the molecule is CCNC(=NCc1ccc(C)cc1OC)NCCCNC(=O)c1cccc(O)c1. The third-order valence-corrected chi connectivity index (χ3v) is 4.23. The van der Waals surface area contributed by atoms with Gasteiger partial charge in [-0.05, 0) is 50.1 Å². The molecule has 29 heavy (non-hydrogen) atoms. The molecular formula is C22H30N4O3. The quantitative estimate of drug-likeness (QED) is 0.296. The minimum absolute atomic E-state index is 0.0796. The number of nitrogens with zero attached hydrogens (tertiary/aromatic N) is 1. The Morgan fingerprint density at radius 2 is 1.90 bits per heavy atom. The number of benzene rings is 2. The number of carbonyl (C=O) groups excluding carboxylic acids is 1. The average molecular weight is 399 g/mol. The number of rotatable bonds is 9. The molecule has 4 N–H and O–H groups in total. The van der Waals surface area contributed by atoms with Crippen molar-refractivity contribution in [3.63, 3.8) is 0 Å². The Hall–Kier alpha value is -3.22. The van der Waals surface area contributed by atoms with Crippen molar-refractivity contribution in [1.82, 2.24) is 16.0 Å². The second-order valence-corrected chi connectivity index (χ2v) is 6.60. The fourth-order valence-corrected chi connectivity index (χ4v) is 2.73. The molecule has 0 heterocycles. The minimum Gasteiger partial charge on any atom is -0.508 e. The Labute approximate surface area is 172 Å². The van der Waals surface area contributed by atoms with E-state index in [-0.39, 0.29) is 11.7 Å². The molecule has 156 valence electrons. The van der Waals surface area contributed by atoms with Crippen LogP contribution in [0.4, 0.5) is 0 Å². The molecule has 0 saturated carbocycles. The van der Waals surface area contributed by atoms with Crippen LogP contribution < -0.4 is 20.7 Å². The number of nitrogens with one attached hydrogen (secondary N) is 3. The van der Waals surface area contributed by atoms with Crippen molar-refractivity contribution in [2.45, 2.75) is 26.8 Å². The Bertz CT molecular complexity index is 837. The van der Waals surface area contributed by atoms with Gasteiger partial charge in [0.2, 0.25) is 0 Å². The lowest BCUT2D eigenvalue weighted by Gasteiger charge is -2.13. The number of ether oxygens (including phenoxy) is 1. The monoisotopic (exact) mass is 398 g/mol. The van der Waals surface area contributed by atoms with Gasteiger partial charge in [0.25, 0.3) is 5.91 Å². The molecule has 0 atom stereocenters. The summed E-state index contributed by atoms with van der Waals surface area (Å²) >= 11 is 0. The van der Waals surface area contributed by atoms with Crippen molar-refractivity contribution in [3.05, 3.63) is 59.2 Å². The molecule has 0 aliphatic rings. The van der Waals surface area contributed by atoms with Crippen LogP contribution in [0.25, 0.3) is 0 Å². The van der Waals surface area contributed by atoms with Crippen LogP contribution in [0.2, 0.25) is 0 Å². The smallest absolute Gasteiger partial charge is 0.251 e. The zero-order valence-electron chi connectivity index (χ0n) is 17.3. The summed E-state index contributed by atoms with van der Waals surface area (Å²) < 4.78 is 5.43. The second-order valence-electron chi connectivity index (χ2n) is 6.60. The maximum Gasteiger partial charge on any atom is 0.251 e. The summed E-state index contributed by atoms with van der Waals surface area (Å²) in [5.41, 5.74) is 2.61. The normalized spacial score (nSPS) is 11.1. The first-order valence-electron chi connectivity index (χ1n) is 9.76. The Kier molecular flexibility index (Phi) is 8.82. The van der Waals surface area contributed by atoms with Crippen molar-refractivity contribution in [2.75, 3.05) is 26.7 Å². The lowest BCUT2D eigenvalue weighted by atomic mass is 10.1. The number of methoxy groups -OCH3 is 1. The van der Waals surface area contributed by atoms with Crippen LogP contribution in [0.15, 0.2) is 47.5 Å². The van der Waals surface area contributed by atoms with Gasteiger partial charge in [-0.2, -0.15) is 0 Å². The van der Waals surface area contributed by atoms with Gasteiger partial charge >= 0.3 is 0 Å². The summed E-state index contributed by atoms with van der Waals surface area (Å²) in [7, 11) is 1.66. The van der Waals surface area contributed by atoms with E-state index in [1.54, 1.807) is 19.2 Å². The first-order valence-corrected chi connectivity index (χ1v) is 9.76. The number of amides is 1. The molecule has 0 aliphatic heterocycles. The van der Waals surface area contributed by atoms with Gasteiger partial charge in [-0.15, -0.1) is 0 Å². The van der Waals surface area contributed by atoms with Crippen molar-refractivity contribution in [1.29, 1.82) is 0 Å². The predicted molar refractivity (Wildman–Crippen MR) is 116 cm³/mol. The number of carbonyl (C=O) groups is 1. The van der Waals surface area contributed by atoms with Gasteiger partial charge in [-0.1, -0.05) is 18.2 Å². The van der Waals surface area contributed by atoms with Crippen LogP contribution in [0.1, 0.15) is 34.8 Å². The lowest BCUT2D eigenvalue weighted by Crippen LogP contribution is -2.38. The van der Waals surface area contributed by atoms with Crippen molar-refractivity contribution in [3.8, 4) is 11.5 Å². The highest BCUT2D eigenvalue weighted by Gasteiger charge is 2.06. The van der Waals surface area contributed by atoms with Gasteiger partial charge in [0.05, 0.1) is 13.7 Å². The van der Waals surface area contributed by atoms with Crippen molar-refractivity contribution in [2.24, 2.45) is 4.99 Å². The molecule has 0 bridgehead atoms. The third kappa shape index (κ3) is 7.37. The molecule has 1 amide bonds. The van der Waals surface area contributed by atoms with Crippen LogP contribution in [-0.2, 0) is 6.54 Å². The molecular weight excluding hydrogens is 368 g/mol. The van der Waals surface area contributed by atoms with Gasteiger partial charge in [0.15, 0.2) is 5.96 Å². The van der Waals surface area contributed by atoms with Crippen LogP contribution in [0.3, 0.4) is 0 Å². The lowest BCUT2D eigenvalue weighted by molar-refractivity contribution is 0.0953. The van der Waals surface area contributed by atoms with Gasteiger partial charge in [-0.25, -0.2) is 4.99 Å². The second kappa shape index (κ2) is 11.6. The predicted octanol–water partition coefficient (Wildman–Crippen LogP) is 2.58. The van der Waals surface area contributed by atoms with Gasteiger partial charge in [0, 0.05) is 30.8 Å². The molecule has 2 rings (SSSR count). The van der Waals surface area contributed by atoms with Gasteiger partial charge in [0.1, 0.15) is 11.5 Å². The van der Waals surface area contributed by atoms with E-state index in [4.69, 9.17) is 4.74 Å². The summed E-state index contributed by atoms with van der Waals surface area (Å²) in [6.45, 7) is 6.49. The van der Waals surface area contributed by atoms with Crippen molar-refractivity contribution < 1.29 is 14.6 Å². The molecule has 0 spiro atoms. The number of aromatic hydroxyl groups is 1. The fourth-order valence-electron chi connectivity index (χ4n) is 2.73. The van der Waals surface area contributed by atoms with E-state index in [0.717, 1.165) is 35.8 Å². The zero-order valence-corrected chi connectivity index (χ0v) is 17.3. The van der Waals surface area contributed by atoms with E-state index < -0.39 is 0 Å². The minimum atomic E-state index is -0.201. The number of hydrogen-bond acceptors (Lipinski definition) is 4. The number of hydrogen-bond donors (Lipinski definition) is 4. The molecule has 0 unspecified atom stereocenters. The first-order chi connectivity index (χ1) is 14.0. The molecule has 0 saturated heterocycles. The topological polar surface area (TPSA) is 95.0 Å². The van der Waals surface area contributed by atoms with Crippen LogP contribution >= 0.6 is 0 Å². The highest BCUT2D eigenvalue weighted by atomic mass is 16.5. The van der Waals surface area contributed by atoms with E-state index in [1.807, 2.05) is 32.0 Å². The van der Waals surface area contributed by atoms with Gasteiger partial charge < -0.3 is 25.8 Å². The molecule has 2 aromatic carbocycles. The summed E-state index contributed by atoms with van der Waals surface area (Å²) in [5, 5.41) is 18.8. The number of guanidine groups is 1. The van der Waals surface area contributed by atoms with E-state index in [2.05, 4.69) is 20.9 Å². The van der Waals surface area contributed by atoms with Crippen LogP contribution in [-0.4, -0.2) is 43.7 Å². The highest BCUT2D eigenvalue weighted by Crippen LogP contribution is 2.20. The molecule has 0 aliphatic carbocycles. The number of aryl methyl sites for hydroxylation is 1. The first kappa shape index (κ1) is 22.1. The van der Waals surface area contributed by atoms with Gasteiger partial charge in [-0.3, -0.25) is 4.79 Å². The molecule has 0 fully saturated rings. The third-order valence-electron chi connectivity index (χ3n) is 4.23. The summed E-state index contributed by atoms with van der Waals surface area (Å²) in [5.74, 6) is 1.43. The van der Waals surface area contributed by atoms with Crippen LogP contribution in [0, 0.1) is 6.92 Å². The number of phenolic OH excluding ortho intramolecular Hbond substituents is 1. The fraction of sp³-hybridized carbons (Fsp3) is 0.364. The molecule has 0 aromatic heterocycles. The molecule has 2 aromatic rings. The standard InChI is InChI=1S/C22H30N4O3/c1-4-23-22(26-15-18-10-9-16(2)13-20(18)29-3)25-12-6-11-24-21(28)17-7-5-8-19(27)14-17/h5,7-10,13-14,27H,4,6,11-12,15H2,1-3H3,(H,24,28)(H2,23,25,26). The highest BCUT2D eigenvalue weighted by molar-refractivity contribution is 5.94. The summed E-state index contributed by atoms with van der Waals surface area (Å²) in [4.78, 5) is 16.7. The molecule has 7 heteroatoms. The average Bonchev–Trinajstić information content (AvgIpc) is 2.72. The molecule has 7 nitrogen and oxygen atoms in total. The largest absolute Gasteiger partial charge is 0.508 e. The van der Waals surface area contributed by atoms with E-state index in [9.17, 15) is 9.90 Å². The van der Waals surface area contributed by atoms with E-state index >= 15 is 0 Å². The Balaban J connectivity index is 1.80. The maximum atomic E-state index is 12.0. The number of aliphatic imine (C=N–C) groups is 1. The Morgan fingerprint density at radius 3 is 2.62 bits per heavy atom. The van der Waals surface area contributed by atoms with Crippen LogP contribution in [0.5, 0.6) is 11.5 Å². The van der Waals surface area contributed by atoms with E-state index in [1.165, 1.54) is 12.1 Å². The zero-order chi connectivity index (χ0) is 21.1. The number of phenols is 1. The van der Waals surface area contributed by atoms with E-state index in [0.29, 0.717) is 25.2 Å². The summed E-state index contributed by atoms with van der Waals surface area (Å²) in [6, 6.07) is 12.4. The maximum absolute atomic E-state index is 12.0.